The molecule has 0 bridgehead atoms. The minimum absolute atomic E-state index is 0.0921. The first-order chi connectivity index (χ1) is 11.9. The zero-order chi connectivity index (χ0) is 18.0. The van der Waals surface area contributed by atoms with Crippen LogP contribution < -0.4 is 10.9 Å². The molecule has 2 N–H and O–H groups in total. The Kier molecular flexibility index (Phi) is 4.70. The highest BCUT2D eigenvalue weighted by Crippen LogP contribution is 2.18. The fourth-order valence-corrected chi connectivity index (χ4v) is 3.11. The van der Waals surface area contributed by atoms with Gasteiger partial charge in [0, 0.05) is 17.7 Å². The summed E-state index contributed by atoms with van der Waals surface area (Å²) in [6, 6.07) is 13.7. The number of hydrogen-bond acceptors (Lipinski definition) is 2. The molecule has 0 fully saturated rings. The van der Waals surface area contributed by atoms with E-state index in [4.69, 9.17) is 0 Å². The highest BCUT2D eigenvalue weighted by molar-refractivity contribution is 5.91. The predicted molar refractivity (Wildman–Crippen MR) is 102 cm³/mol. The molecule has 0 aliphatic rings. The molecule has 25 heavy (non-hydrogen) atoms. The summed E-state index contributed by atoms with van der Waals surface area (Å²) in [6.07, 6.45) is 0.684. The number of amides is 1. The Morgan fingerprint density at radius 2 is 1.84 bits per heavy atom. The van der Waals surface area contributed by atoms with E-state index in [1.54, 1.807) is 0 Å². The normalized spacial score (nSPS) is 10.8. The Bertz CT molecular complexity index is 1000. The summed E-state index contributed by atoms with van der Waals surface area (Å²) in [4.78, 5) is 27.4. The van der Waals surface area contributed by atoms with Crippen LogP contribution in [0.4, 0.5) is 5.69 Å². The van der Waals surface area contributed by atoms with Crippen LogP contribution in [-0.2, 0) is 11.2 Å². The largest absolute Gasteiger partial charge is 0.326 e. The van der Waals surface area contributed by atoms with Gasteiger partial charge in [0.2, 0.25) is 5.91 Å². The number of H-pyrrole nitrogens is 1. The van der Waals surface area contributed by atoms with Gasteiger partial charge < -0.3 is 10.3 Å². The maximum atomic E-state index is 12.3. The van der Waals surface area contributed by atoms with Crippen molar-refractivity contribution < 1.29 is 4.79 Å². The second-order valence-electron chi connectivity index (χ2n) is 6.59. The van der Waals surface area contributed by atoms with Gasteiger partial charge in [-0.15, -0.1) is 0 Å². The highest BCUT2D eigenvalue weighted by atomic mass is 16.1. The van der Waals surface area contributed by atoms with Crippen LogP contribution in [0.5, 0.6) is 0 Å². The van der Waals surface area contributed by atoms with Crippen molar-refractivity contribution in [3.63, 3.8) is 0 Å². The first kappa shape index (κ1) is 17.0. The number of carbonyl (C=O) groups excluding carboxylic acids is 1. The number of aromatic amines is 1. The molecule has 0 saturated carbocycles. The van der Waals surface area contributed by atoms with Crippen molar-refractivity contribution in [2.24, 2.45) is 0 Å². The minimum atomic E-state index is -0.122. The van der Waals surface area contributed by atoms with Crippen molar-refractivity contribution in [1.82, 2.24) is 4.98 Å². The Labute approximate surface area is 146 Å². The molecule has 0 aliphatic heterocycles. The van der Waals surface area contributed by atoms with E-state index in [1.165, 1.54) is 0 Å². The lowest BCUT2D eigenvalue weighted by Crippen LogP contribution is -2.17. The van der Waals surface area contributed by atoms with Crippen molar-refractivity contribution in [3.05, 3.63) is 75.1 Å². The third-order valence-electron chi connectivity index (χ3n) is 4.29. The summed E-state index contributed by atoms with van der Waals surface area (Å²) < 4.78 is 0. The number of pyridine rings is 1. The van der Waals surface area contributed by atoms with Crippen LogP contribution in [0.25, 0.3) is 10.9 Å². The highest BCUT2D eigenvalue weighted by Gasteiger charge is 2.09. The second kappa shape index (κ2) is 6.93. The molecule has 4 heteroatoms. The van der Waals surface area contributed by atoms with Gasteiger partial charge in [-0.1, -0.05) is 23.8 Å². The SMILES string of the molecule is Cc1cccc(NC(=O)CCc2cc3cc(C)cc(C)c3[nH]c2=O)c1. The minimum Gasteiger partial charge on any atom is -0.326 e. The van der Waals surface area contributed by atoms with E-state index in [-0.39, 0.29) is 17.9 Å². The molecule has 1 amide bonds. The summed E-state index contributed by atoms with van der Waals surface area (Å²) in [6.45, 7) is 6.00. The van der Waals surface area contributed by atoms with Crippen LogP contribution in [0.2, 0.25) is 0 Å². The Hall–Kier alpha value is -2.88. The number of aromatic nitrogens is 1. The van der Waals surface area contributed by atoms with Crippen LogP contribution in [0.15, 0.2) is 47.3 Å². The van der Waals surface area contributed by atoms with Crippen LogP contribution in [-0.4, -0.2) is 10.9 Å². The molecule has 0 unspecified atom stereocenters. The van der Waals surface area contributed by atoms with E-state index in [2.05, 4.69) is 16.4 Å². The van der Waals surface area contributed by atoms with Crippen LogP contribution >= 0.6 is 0 Å². The summed E-state index contributed by atoms with van der Waals surface area (Å²) in [7, 11) is 0. The van der Waals surface area contributed by atoms with Crippen LogP contribution in [0.1, 0.15) is 28.7 Å². The number of anilines is 1. The molecule has 4 nitrogen and oxygen atoms in total. The van der Waals surface area contributed by atoms with Crippen molar-refractivity contribution in [2.75, 3.05) is 5.32 Å². The van der Waals surface area contributed by atoms with Gasteiger partial charge in [-0.25, -0.2) is 0 Å². The molecule has 0 spiro atoms. The zero-order valence-corrected chi connectivity index (χ0v) is 14.8. The zero-order valence-electron chi connectivity index (χ0n) is 14.8. The van der Waals surface area contributed by atoms with Gasteiger partial charge in [0.1, 0.15) is 0 Å². The quantitative estimate of drug-likeness (QED) is 0.757. The van der Waals surface area contributed by atoms with E-state index in [1.807, 2.05) is 57.2 Å². The Morgan fingerprint density at radius 3 is 2.60 bits per heavy atom. The smallest absolute Gasteiger partial charge is 0.251 e. The lowest BCUT2D eigenvalue weighted by molar-refractivity contribution is -0.116. The third-order valence-corrected chi connectivity index (χ3v) is 4.29. The van der Waals surface area contributed by atoms with Gasteiger partial charge >= 0.3 is 0 Å². The average molecular weight is 334 g/mol. The number of aryl methyl sites for hydroxylation is 4. The fraction of sp³-hybridized carbons (Fsp3) is 0.238. The van der Waals surface area contributed by atoms with Crippen molar-refractivity contribution in [3.8, 4) is 0 Å². The predicted octanol–water partition coefficient (Wildman–Crippen LogP) is 4.02. The lowest BCUT2D eigenvalue weighted by Gasteiger charge is -2.08. The van der Waals surface area contributed by atoms with Crippen molar-refractivity contribution in [1.29, 1.82) is 0 Å². The number of benzene rings is 2. The Balaban J connectivity index is 1.75. The van der Waals surface area contributed by atoms with E-state index in [9.17, 15) is 9.59 Å². The maximum absolute atomic E-state index is 12.3. The average Bonchev–Trinajstić information content (AvgIpc) is 2.54. The third kappa shape index (κ3) is 3.97. The molecule has 1 aromatic heterocycles. The van der Waals surface area contributed by atoms with Gasteiger partial charge in [0.25, 0.3) is 5.56 Å². The van der Waals surface area contributed by atoms with E-state index >= 15 is 0 Å². The molecule has 2 aromatic carbocycles. The summed E-state index contributed by atoms with van der Waals surface area (Å²) in [5.41, 5.74) is 5.46. The van der Waals surface area contributed by atoms with Gasteiger partial charge in [-0.05, 0) is 68.0 Å². The molecule has 1 heterocycles. The monoisotopic (exact) mass is 334 g/mol. The first-order valence-corrected chi connectivity index (χ1v) is 8.42. The topological polar surface area (TPSA) is 62.0 Å². The maximum Gasteiger partial charge on any atom is 0.251 e. The van der Waals surface area contributed by atoms with Crippen LogP contribution in [0.3, 0.4) is 0 Å². The number of nitrogens with one attached hydrogen (secondary N) is 2. The molecule has 0 aliphatic carbocycles. The van der Waals surface area contributed by atoms with Gasteiger partial charge in [-0.3, -0.25) is 9.59 Å². The fourth-order valence-electron chi connectivity index (χ4n) is 3.11. The molecule has 0 saturated heterocycles. The lowest BCUT2D eigenvalue weighted by atomic mass is 10.0. The molecule has 0 atom stereocenters. The van der Waals surface area contributed by atoms with Crippen molar-refractivity contribution >= 4 is 22.5 Å². The van der Waals surface area contributed by atoms with Gasteiger partial charge in [0.05, 0.1) is 5.52 Å². The number of hydrogen-bond donors (Lipinski definition) is 2. The summed E-state index contributed by atoms with van der Waals surface area (Å²) >= 11 is 0. The summed E-state index contributed by atoms with van der Waals surface area (Å²) in [5, 5.41) is 3.88. The number of rotatable bonds is 4. The second-order valence-corrected chi connectivity index (χ2v) is 6.59. The molecule has 0 radical (unpaired) electrons. The molecule has 3 rings (SSSR count). The van der Waals surface area contributed by atoms with Gasteiger partial charge in [0.15, 0.2) is 0 Å². The molecular weight excluding hydrogens is 312 g/mol. The number of carbonyl (C=O) groups is 1. The molecule has 3 aromatic rings. The number of fused-ring (bicyclic) bond motifs is 1. The van der Waals surface area contributed by atoms with Gasteiger partial charge in [-0.2, -0.15) is 0 Å². The standard InChI is InChI=1S/C21H22N2O2/c1-13-5-4-6-18(11-13)22-19(24)8-7-16-12-17-10-14(2)9-15(3)20(17)23-21(16)25/h4-6,9-12H,7-8H2,1-3H3,(H,22,24)(H,23,25). The van der Waals surface area contributed by atoms with Crippen LogP contribution in [0, 0.1) is 20.8 Å². The molecule has 128 valence electrons. The van der Waals surface area contributed by atoms with Crippen molar-refractivity contribution in [2.45, 2.75) is 33.6 Å². The summed E-state index contributed by atoms with van der Waals surface area (Å²) in [5.74, 6) is -0.0921. The van der Waals surface area contributed by atoms with E-state index < -0.39 is 0 Å². The first-order valence-electron chi connectivity index (χ1n) is 8.42. The van der Waals surface area contributed by atoms with E-state index in [0.717, 1.165) is 33.3 Å². The Morgan fingerprint density at radius 1 is 1.04 bits per heavy atom. The van der Waals surface area contributed by atoms with E-state index in [0.29, 0.717) is 12.0 Å². The molecular formula is C21H22N2O2.